The summed E-state index contributed by atoms with van der Waals surface area (Å²) in [5.41, 5.74) is 3.36. The maximum atomic E-state index is 3.65. The van der Waals surface area contributed by atoms with Crippen LogP contribution in [0.25, 0.3) is 0 Å². The van der Waals surface area contributed by atoms with Gasteiger partial charge in [-0.15, -0.1) is 21.5 Å². The molecule has 0 aliphatic carbocycles. The molecule has 0 aliphatic heterocycles. The highest BCUT2D eigenvalue weighted by atomic mass is 32.1. The molecule has 0 unspecified atom stereocenters. The molecule has 0 saturated carbocycles. The van der Waals surface area contributed by atoms with E-state index < -0.39 is 0 Å². The van der Waals surface area contributed by atoms with Gasteiger partial charge in [-0.2, -0.15) is 8.75 Å². The molecule has 4 nitrogen and oxygen atoms in total. The van der Waals surface area contributed by atoms with Crippen LogP contribution in [-0.4, -0.2) is 18.9 Å². The second-order valence-electron chi connectivity index (χ2n) is 1.17. The first-order valence-corrected chi connectivity index (χ1v) is 5.08. The molecule has 0 amide bonds. The van der Waals surface area contributed by atoms with E-state index in [0.717, 1.165) is 0 Å². The predicted octanol–water partition coefficient (Wildman–Crippen LogP) is 2.10. The van der Waals surface area contributed by atoms with E-state index in [1.165, 1.54) is 23.1 Å². The predicted molar refractivity (Wildman–Crippen MR) is 51.2 cm³/mol. The van der Waals surface area contributed by atoms with E-state index in [-0.39, 0.29) is 0 Å². The van der Waals surface area contributed by atoms with Crippen molar-refractivity contribution in [2.75, 3.05) is 0 Å². The topological polar surface area (TPSA) is 51.6 Å². The van der Waals surface area contributed by atoms with E-state index in [1.807, 2.05) is 13.8 Å². The molecule has 2 heterocycles. The second-order valence-corrected chi connectivity index (χ2v) is 2.45. The Kier molecular flexibility index (Phi) is 9.38. The number of nitrogens with zero attached hydrogens (tertiary/aromatic N) is 4. The van der Waals surface area contributed by atoms with E-state index in [9.17, 15) is 0 Å². The smallest absolute Gasteiger partial charge is 0.103 e. The summed E-state index contributed by atoms with van der Waals surface area (Å²) in [4.78, 5) is 0. The summed E-state index contributed by atoms with van der Waals surface area (Å²) in [6, 6.07) is 0. The van der Waals surface area contributed by atoms with Gasteiger partial charge in [0.05, 0.1) is 24.1 Å². The average molecular weight is 202 g/mol. The number of hydrogen-bond acceptors (Lipinski definition) is 6. The van der Waals surface area contributed by atoms with E-state index >= 15 is 0 Å². The normalized spacial score (nSPS) is 7.17. The van der Waals surface area contributed by atoms with Crippen LogP contribution in [0.1, 0.15) is 13.8 Å². The van der Waals surface area contributed by atoms with Gasteiger partial charge in [0, 0.05) is 0 Å². The van der Waals surface area contributed by atoms with Gasteiger partial charge in [-0.1, -0.05) is 13.8 Å². The van der Waals surface area contributed by atoms with Crippen LogP contribution in [0.15, 0.2) is 23.4 Å². The minimum atomic E-state index is 1.21. The zero-order chi connectivity index (χ0) is 9.07. The van der Waals surface area contributed by atoms with E-state index in [4.69, 9.17) is 0 Å². The fourth-order valence-corrected chi connectivity index (χ4v) is 0.816. The maximum absolute atomic E-state index is 3.65. The molecule has 0 saturated heterocycles. The lowest BCUT2D eigenvalue weighted by Crippen LogP contribution is -1.53. The zero-order valence-electron chi connectivity index (χ0n) is 6.91. The van der Waals surface area contributed by atoms with Gasteiger partial charge in [0.2, 0.25) is 0 Å². The highest BCUT2D eigenvalue weighted by Crippen LogP contribution is 1.80. The summed E-state index contributed by atoms with van der Waals surface area (Å²) in [6.45, 7) is 4.00. The van der Waals surface area contributed by atoms with Crippen molar-refractivity contribution in [1.82, 2.24) is 18.9 Å². The van der Waals surface area contributed by atoms with Crippen molar-refractivity contribution in [3.8, 4) is 0 Å². The summed E-state index contributed by atoms with van der Waals surface area (Å²) in [7, 11) is 0. The van der Waals surface area contributed by atoms with Crippen LogP contribution in [0.5, 0.6) is 0 Å². The van der Waals surface area contributed by atoms with Gasteiger partial charge in [0.15, 0.2) is 0 Å². The second kappa shape index (κ2) is 10.1. The van der Waals surface area contributed by atoms with Crippen LogP contribution in [0.4, 0.5) is 0 Å². The van der Waals surface area contributed by atoms with Gasteiger partial charge >= 0.3 is 0 Å². The highest BCUT2D eigenvalue weighted by Gasteiger charge is 1.61. The standard InChI is InChI=1S/2C2H2N2S.C2H6/c1-3-4-2-5-1;1-2-4-5-3-1;1-2/h2*1-2H;1-2H3. The fourth-order valence-electron chi connectivity index (χ4n) is 0.272. The van der Waals surface area contributed by atoms with Crippen molar-refractivity contribution in [2.24, 2.45) is 0 Å². The molecule has 0 bridgehead atoms. The zero-order valence-corrected chi connectivity index (χ0v) is 8.55. The minimum Gasteiger partial charge on any atom is -0.182 e. The Hall–Kier alpha value is -0.880. The lowest BCUT2D eigenvalue weighted by Gasteiger charge is -1.41. The van der Waals surface area contributed by atoms with Gasteiger partial charge in [-0.05, 0) is 0 Å². The van der Waals surface area contributed by atoms with Crippen molar-refractivity contribution < 1.29 is 0 Å². The third-order valence-corrected chi connectivity index (χ3v) is 1.43. The Bertz CT molecular complexity index is 157. The molecule has 2 rings (SSSR count). The summed E-state index contributed by atoms with van der Waals surface area (Å²) in [6.07, 6.45) is 3.31. The molecule has 2 aromatic heterocycles. The Morgan fingerprint density at radius 3 is 1.58 bits per heavy atom. The van der Waals surface area contributed by atoms with Crippen LogP contribution in [0.2, 0.25) is 0 Å². The SMILES string of the molecule is CC.c1cnsn1.c1nncs1. The maximum Gasteiger partial charge on any atom is 0.103 e. The monoisotopic (exact) mass is 202 g/mol. The van der Waals surface area contributed by atoms with Crippen LogP contribution in [0.3, 0.4) is 0 Å². The van der Waals surface area contributed by atoms with Crippen molar-refractivity contribution in [2.45, 2.75) is 13.8 Å². The summed E-state index contributed by atoms with van der Waals surface area (Å²) < 4.78 is 7.31. The van der Waals surface area contributed by atoms with Gasteiger partial charge < -0.3 is 0 Å². The van der Waals surface area contributed by atoms with Crippen LogP contribution in [0, 0.1) is 0 Å². The summed E-state index contributed by atoms with van der Waals surface area (Å²) in [5, 5.41) is 6.98. The van der Waals surface area contributed by atoms with E-state index in [0.29, 0.717) is 0 Å². The van der Waals surface area contributed by atoms with E-state index in [1.54, 1.807) is 23.4 Å². The van der Waals surface area contributed by atoms with Crippen molar-refractivity contribution in [1.29, 1.82) is 0 Å². The Labute approximate surface area is 79.6 Å². The third-order valence-electron chi connectivity index (χ3n) is 0.565. The van der Waals surface area contributed by atoms with Crippen molar-refractivity contribution >= 4 is 23.1 Å². The van der Waals surface area contributed by atoms with Gasteiger partial charge in [-0.25, -0.2) is 0 Å². The number of rotatable bonds is 0. The lowest BCUT2D eigenvalue weighted by molar-refractivity contribution is 1.09. The molecule has 0 aliphatic rings. The Morgan fingerprint density at radius 1 is 0.917 bits per heavy atom. The third kappa shape index (κ3) is 7.23. The minimum absolute atomic E-state index is 1.21. The van der Waals surface area contributed by atoms with Gasteiger partial charge in [0.1, 0.15) is 11.0 Å². The van der Waals surface area contributed by atoms with Crippen molar-refractivity contribution in [3.63, 3.8) is 0 Å². The summed E-state index contributed by atoms with van der Waals surface area (Å²) in [5.74, 6) is 0. The fraction of sp³-hybridized carbons (Fsp3) is 0.333. The quantitative estimate of drug-likeness (QED) is 0.656. The molecule has 2 aromatic rings. The summed E-state index contributed by atoms with van der Waals surface area (Å²) >= 11 is 2.70. The molecule has 0 radical (unpaired) electrons. The molecule has 0 aromatic carbocycles. The molecule has 0 N–H and O–H groups in total. The van der Waals surface area contributed by atoms with Crippen LogP contribution >= 0.6 is 23.1 Å². The molecule has 0 spiro atoms. The molecule has 12 heavy (non-hydrogen) atoms. The first kappa shape index (κ1) is 11.1. The number of aromatic nitrogens is 4. The number of hydrogen-bond donors (Lipinski definition) is 0. The van der Waals surface area contributed by atoms with Crippen LogP contribution < -0.4 is 0 Å². The van der Waals surface area contributed by atoms with E-state index in [2.05, 4.69) is 18.9 Å². The molecular formula is C6H10N4S2. The van der Waals surface area contributed by atoms with Crippen LogP contribution in [-0.2, 0) is 0 Å². The molecule has 0 fully saturated rings. The first-order chi connectivity index (χ1) is 6.00. The van der Waals surface area contributed by atoms with Gasteiger partial charge in [-0.3, -0.25) is 0 Å². The highest BCUT2D eigenvalue weighted by molar-refractivity contribution is 7.07. The largest absolute Gasteiger partial charge is 0.182 e. The molecule has 6 heteroatoms. The van der Waals surface area contributed by atoms with Gasteiger partial charge in [0.25, 0.3) is 0 Å². The lowest BCUT2D eigenvalue weighted by atomic mass is 11.0. The average Bonchev–Trinajstić information content (AvgIpc) is 2.87. The molecule has 66 valence electrons. The first-order valence-electron chi connectivity index (χ1n) is 3.40. The molecular weight excluding hydrogens is 192 g/mol. The molecule has 0 atom stereocenters. The Morgan fingerprint density at radius 2 is 1.42 bits per heavy atom. The Balaban J connectivity index is 0.000000168. The van der Waals surface area contributed by atoms with Crippen molar-refractivity contribution in [3.05, 3.63) is 23.4 Å².